The molecule has 3 heterocycles. The van der Waals surface area contributed by atoms with E-state index < -0.39 is 4.92 Å². The quantitative estimate of drug-likeness (QED) is 0.536. The Morgan fingerprint density at radius 3 is 2.94 bits per heavy atom. The fourth-order valence-electron chi connectivity index (χ4n) is 1.57. The molecule has 18 heavy (non-hydrogen) atoms. The summed E-state index contributed by atoms with van der Waals surface area (Å²) in [7, 11) is 0. The molecule has 0 radical (unpaired) electrons. The zero-order valence-electron chi connectivity index (χ0n) is 8.78. The largest absolute Gasteiger partial charge is 0.433 e. The van der Waals surface area contributed by atoms with Crippen molar-refractivity contribution in [2.24, 2.45) is 0 Å². The molecule has 0 spiro atoms. The standard InChI is InChI=1S/C10H5BrN4O3/c11-9-8(6-2-3-7(18-6)15(16)17)13-10-12-4-1-5-14(9)10/h1-5H. The Morgan fingerprint density at radius 2 is 2.28 bits per heavy atom. The van der Waals surface area contributed by atoms with Crippen LogP contribution in [0.3, 0.4) is 0 Å². The Labute approximate surface area is 108 Å². The van der Waals surface area contributed by atoms with Crippen molar-refractivity contribution in [2.75, 3.05) is 0 Å². The molecule has 0 aliphatic rings. The second-order valence-corrected chi connectivity index (χ2v) is 4.19. The number of furan rings is 1. The summed E-state index contributed by atoms with van der Waals surface area (Å²) < 4.78 is 7.45. The molecule has 0 amide bonds. The van der Waals surface area contributed by atoms with Gasteiger partial charge < -0.3 is 4.42 Å². The second kappa shape index (κ2) is 3.91. The van der Waals surface area contributed by atoms with E-state index in [9.17, 15) is 10.1 Å². The van der Waals surface area contributed by atoms with E-state index in [4.69, 9.17) is 4.42 Å². The van der Waals surface area contributed by atoms with Crippen molar-refractivity contribution >= 4 is 27.6 Å². The normalized spacial score (nSPS) is 10.9. The van der Waals surface area contributed by atoms with Gasteiger partial charge in [0.05, 0.1) is 6.07 Å². The van der Waals surface area contributed by atoms with E-state index in [-0.39, 0.29) is 5.88 Å². The van der Waals surface area contributed by atoms with Gasteiger partial charge in [0.15, 0.2) is 5.76 Å². The van der Waals surface area contributed by atoms with Gasteiger partial charge in [0.25, 0.3) is 0 Å². The SMILES string of the molecule is O=[N+]([O-])c1ccc(-c2nc3ncccn3c2Br)o1. The molecule has 0 N–H and O–H groups in total. The Hall–Kier alpha value is -2.22. The Kier molecular flexibility index (Phi) is 2.37. The van der Waals surface area contributed by atoms with Crippen LogP contribution in [0.25, 0.3) is 17.2 Å². The fraction of sp³-hybridized carbons (Fsp3) is 0. The molecule has 0 fully saturated rings. The highest BCUT2D eigenvalue weighted by Gasteiger charge is 2.19. The molecular weight excluding hydrogens is 304 g/mol. The fourth-order valence-corrected chi connectivity index (χ4v) is 2.13. The number of aromatic nitrogens is 3. The Balaban J connectivity index is 2.18. The molecule has 0 aromatic carbocycles. The first-order chi connectivity index (χ1) is 8.66. The van der Waals surface area contributed by atoms with E-state index in [1.165, 1.54) is 12.1 Å². The lowest BCUT2D eigenvalue weighted by molar-refractivity contribution is -0.401. The summed E-state index contributed by atoms with van der Waals surface area (Å²) in [6.07, 6.45) is 3.39. The van der Waals surface area contributed by atoms with E-state index >= 15 is 0 Å². The number of imidazole rings is 1. The van der Waals surface area contributed by atoms with Gasteiger partial charge in [-0.15, -0.1) is 0 Å². The molecule has 0 atom stereocenters. The highest BCUT2D eigenvalue weighted by Crippen LogP contribution is 2.31. The number of hydrogen-bond acceptors (Lipinski definition) is 5. The van der Waals surface area contributed by atoms with Gasteiger partial charge in [-0.05, 0) is 28.1 Å². The predicted octanol–water partition coefficient (Wildman–Crippen LogP) is 2.66. The summed E-state index contributed by atoms with van der Waals surface area (Å²) in [5.74, 6) is 0.486. The van der Waals surface area contributed by atoms with Crippen LogP contribution in [0.15, 0.2) is 39.6 Å². The van der Waals surface area contributed by atoms with Crippen molar-refractivity contribution in [3.8, 4) is 11.5 Å². The Bertz CT molecular complexity index is 749. The van der Waals surface area contributed by atoms with E-state index in [2.05, 4.69) is 25.9 Å². The van der Waals surface area contributed by atoms with Crippen LogP contribution in [0.2, 0.25) is 0 Å². The highest BCUT2D eigenvalue weighted by molar-refractivity contribution is 9.10. The molecule has 3 aromatic heterocycles. The van der Waals surface area contributed by atoms with Crippen LogP contribution < -0.4 is 0 Å². The van der Waals surface area contributed by atoms with Crippen LogP contribution in [-0.4, -0.2) is 19.3 Å². The van der Waals surface area contributed by atoms with Crippen LogP contribution >= 0.6 is 15.9 Å². The molecule has 0 bridgehead atoms. The lowest BCUT2D eigenvalue weighted by Crippen LogP contribution is -1.85. The lowest BCUT2D eigenvalue weighted by atomic mass is 10.3. The maximum absolute atomic E-state index is 10.6. The maximum Gasteiger partial charge on any atom is 0.433 e. The Morgan fingerprint density at radius 1 is 1.44 bits per heavy atom. The molecule has 3 rings (SSSR count). The van der Waals surface area contributed by atoms with Crippen LogP contribution in [0.1, 0.15) is 0 Å². The first-order valence-electron chi connectivity index (χ1n) is 4.90. The number of rotatable bonds is 2. The molecule has 3 aromatic rings. The van der Waals surface area contributed by atoms with Crippen LogP contribution in [0.4, 0.5) is 5.88 Å². The summed E-state index contributed by atoms with van der Waals surface area (Å²) >= 11 is 3.37. The third-order valence-corrected chi connectivity index (χ3v) is 3.11. The molecule has 0 aliphatic carbocycles. The second-order valence-electron chi connectivity index (χ2n) is 3.44. The maximum atomic E-state index is 10.6. The average Bonchev–Trinajstić information content (AvgIpc) is 2.95. The van der Waals surface area contributed by atoms with E-state index in [0.29, 0.717) is 21.8 Å². The topological polar surface area (TPSA) is 86.5 Å². The summed E-state index contributed by atoms with van der Waals surface area (Å²) in [5.41, 5.74) is 0.474. The molecular formula is C10H5BrN4O3. The van der Waals surface area contributed by atoms with Crippen LogP contribution in [-0.2, 0) is 0 Å². The van der Waals surface area contributed by atoms with Crippen molar-refractivity contribution in [3.05, 3.63) is 45.3 Å². The molecule has 8 heteroatoms. The summed E-state index contributed by atoms with van der Waals surface area (Å²) in [4.78, 5) is 18.3. The molecule has 7 nitrogen and oxygen atoms in total. The summed E-state index contributed by atoms with van der Waals surface area (Å²) in [6.45, 7) is 0. The van der Waals surface area contributed by atoms with Crippen LogP contribution in [0, 0.1) is 10.1 Å². The summed E-state index contributed by atoms with van der Waals surface area (Å²) in [5, 5.41) is 10.6. The van der Waals surface area contributed by atoms with Crippen molar-refractivity contribution in [1.82, 2.24) is 14.4 Å². The minimum Gasteiger partial charge on any atom is -0.399 e. The molecule has 0 unspecified atom stereocenters. The zero-order chi connectivity index (χ0) is 12.7. The third kappa shape index (κ3) is 1.58. The van der Waals surface area contributed by atoms with Crippen LogP contribution in [0.5, 0.6) is 0 Å². The molecule has 90 valence electrons. The first-order valence-corrected chi connectivity index (χ1v) is 5.69. The van der Waals surface area contributed by atoms with Crippen molar-refractivity contribution in [1.29, 1.82) is 0 Å². The zero-order valence-corrected chi connectivity index (χ0v) is 10.4. The van der Waals surface area contributed by atoms with Crippen molar-refractivity contribution in [3.63, 3.8) is 0 Å². The predicted molar refractivity (Wildman–Crippen MR) is 65.0 cm³/mol. The monoisotopic (exact) mass is 308 g/mol. The molecule has 0 saturated carbocycles. The van der Waals surface area contributed by atoms with E-state index in [1.54, 1.807) is 22.9 Å². The highest BCUT2D eigenvalue weighted by atomic mass is 79.9. The smallest absolute Gasteiger partial charge is 0.399 e. The lowest BCUT2D eigenvalue weighted by Gasteiger charge is -1.92. The molecule has 0 saturated heterocycles. The van der Waals surface area contributed by atoms with Crippen molar-refractivity contribution in [2.45, 2.75) is 0 Å². The number of halogens is 1. The minimum absolute atomic E-state index is 0.318. The average molecular weight is 309 g/mol. The first kappa shape index (κ1) is 10.9. The van der Waals surface area contributed by atoms with Gasteiger partial charge in [0.2, 0.25) is 5.78 Å². The van der Waals surface area contributed by atoms with Crippen molar-refractivity contribution < 1.29 is 9.34 Å². The minimum atomic E-state index is -0.592. The van der Waals surface area contributed by atoms with E-state index in [0.717, 1.165) is 0 Å². The summed E-state index contributed by atoms with van der Waals surface area (Å²) in [6, 6.07) is 4.55. The number of hydrogen-bond donors (Lipinski definition) is 0. The van der Waals surface area contributed by atoms with E-state index in [1.807, 2.05) is 0 Å². The van der Waals surface area contributed by atoms with Gasteiger partial charge in [-0.1, -0.05) is 0 Å². The molecule has 0 aliphatic heterocycles. The number of nitrogens with zero attached hydrogens (tertiary/aromatic N) is 4. The van der Waals surface area contributed by atoms with Gasteiger partial charge in [0.1, 0.15) is 15.2 Å². The van der Waals surface area contributed by atoms with Gasteiger partial charge in [-0.3, -0.25) is 14.5 Å². The van der Waals surface area contributed by atoms with Gasteiger partial charge in [-0.25, -0.2) is 9.97 Å². The van der Waals surface area contributed by atoms with Gasteiger partial charge in [-0.2, -0.15) is 0 Å². The number of nitro groups is 1. The third-order valence-electron chi connectivity index (χ3n) is 2.35. The number of fused-ring (bicyclic) bond motifs is 1. The van der Waals surface area contributed by atoms with Gasteiger partial charge in [0, 0.05) is 12.4 Å². The van der Waals surface area contributed by atoms with Gasteiger partial charge >= 0.3 is 5.88 Å².